The Morgan fingerprint density at radius 2 is 2.09 bits per heavy atom. The molecule has 1 aliphatic rings. The summed E-state index contributed by atoms with van der Waals surface area (Å²) in [7, 11) is 0. The number of nitrogens with zero attached hydrogens (tertiary/aromatic N) is 2. The van der Waals surface area contributed by atoms with Crippen LogP contribution in [0.3, 0.4) is 0 Å². The van der Waals surface area contributed by atoms with Gasteiger partial charge >= 0.3 is 0 Å². The predicted molar refractivity (Wildman–Crippen MR) is 82.6 cm³/mol. The maximum atomic E-state index is 13.3. The molecule has 0 aliphatic carbocycles. The Morgan fingerprint density at radius 3 is 2.77 bits per heavy atom. The molecule has 0 aromatic heterocycles. The molecule has 1 heterocycles. The molecule has 0 saturated heterocycles. The number of carbonyl (C=O) groups is 1. The summed E-state index contributed by atoms with van der Waals surface area (Å²) in [4.78, 5) is 24.6. The van der Waals surface area contributed by atoms with E-state index >= 15 is 0 Å². The smallest absolute Gasteiger partial charge is 0.294 e. The summed E-state index contributed by atoms with van der Waals surface area (Å²) in [6.07, 6.45) is 0.524. The second-order valence-electron chi connectivity index (χ2n) is 4.91. The van der Waals surface area contributed by atoms with Gasteiger partial charge in [0.25, 0.3) is 11.6 Å². The largest absolute Gasteiger partial charge is 0.302 e. The Kier molecular flexibility index (Phi) is 3.66. The topological polar surface area (TPSA) is 63.5 Å². The molecule has 0 atom stereocenters. The van der Waals surface area contributed by atoms with E-state index in [4.69, 9.17) is 0 Å². The van der Waals surface area contributed by atoms with Gasteiger partial charge in [-0.25, -0.2) is 4.39 Å². The van der Waals surface area contributed by atoms with E-state index in [9.17, 15) is 19.3 Å². The normalized spacial score (nSPS) is 13.1. The van der Waals surface area contributed by atoms with Crippen LogP contribution in [0.1, 0.15) is 15.9 Å². The van der Waals surface area contributed by atoms with Gasteiger partial charge in [-0.2, -0.15) is 0 Å². The van der Waals surface area contributed by atoms with Crippen LogP contribution in [-0.4, -0.2) is 17.4 Å². The van der Waals surface area contributed by atoms with Gasteiger partial charge in [-0.1, -0.05) is 22.0 Å². The van der Waals surface area contributed by atoms with Gasteiger partial charge in [0.1, 0.15) is 11.5 Å². The molecule has 112 valence electrons. The van der Waals surface area contributed by atoms with Crippen LogP contribution in [0.4, 0.5) is 15.8 Å². The standard InChI is InChI=1S/C15H10BrFN2O3/c16-11-6-9-4-5-18(14(9)13(8-11)19(21)22)15(20)10-2-1-3-12(17)7-10/h1-3,6-8H,4-5H2. The first-order chi connectivity index (χ1) is 10.5. The maximum Gasteiger partial charge on any atom is 0.294 e. The quantitative estimate of drug-likeness (QED) is 0.602. The molecular formula is C15H10BrFN2O3. The lowest BCUT2D eigenvalue weighted by Gasteiger charge is -2.17. The van der Waals surface area contributed by atoms with Crippen LogP contribution in [-0.2, 0) is 6.42 Å². The first-order valence-electron chi connectivity index (χ1n) is 6.51. The molecule has 1 aliphatic heterocycles. The summed E-state index contributed by atoms with van der Waals surface area (Å²) in [5.41, 5.74) is 1.06. The first-order valence-corrected chi connectivity index (χ1v) is 7.31. The van der Waals surface area contributed by atoms with Crippen LogP contribution in [0.25, 0.3) is 0 Å². The Bertz CT molecular complexity index is 794. The molecule has 7 heteroatoms. The lowest BCUT2D eigenvalue weighted by molar-refractivity contribution is -0.384. The van der Waals surface area contributed by atoms with Gasteiger partial charge in [0, 0.05) is 22.6 Å². The van der Waals surface area contributed by atoms with Gasteiger partial charge in [0.15, 0.2) is 0 Å². The fourth-order valence-corrected chi connectivity index (χ4v) is 3.10. The third kappa shape index (κ3) is 2.48. The van der Waals surface area contributed by atoms with Crippen molar-refractivity contribution < 1.29 is 14.1 Å². The molecule has 0 bridgehead atoms. The van der Waals surface area contributed by atoms with Crippen LogP contribution in [0.2, 0.25) is 0 Å². The molecule has 0 fully saturated rings. The van der Waals surface area contributed by atoms with Crippen LogP contribution in [0.15, 0.2) is 40.9 Å². The molecule has 2 aromatic carbocycles. The van der Waals surface area contributed by atoms with Crippen LogP contribution in [0, 0.1) is 15.9 Å². The second-order valence-corrected chi connectivity index (χ2v) is 5.82. The van der Waals surface area contributed by atoms with E-state index in [0.29, 0.717) is 23.1 Å². The summed E-state index contributed by atoms with van der Waals surface area (Å²) in [6, 6.07) is 8.44. The van der Waals surface area contributed by atoms with Gasteiger partial charge < -0.3 is 4.90 Å². The van der Waals surface area contributed by atoms with Crippen molar-refractivity contribution in [1.29, 1.82) is 0 Å². The predicted octanol–water partition coefficient (Wildman–Crippen LogP) is 3.70. The van der Waals surface area contributed by atoms with Gasteiger partial charge in [-0.15, -0.1) is 0 Å². The molecule has 0 saturated carbocycles. The summed E-state index contributed by atoms with van der Waals surface area (Å²) in [5.74, 6) is -0.959. The number of nitro benzene ring substituents is 1. The molecule has 1 amide bonds. The van der Waals surface area contributed by atoms with E-state index < -0.39 is 16.6 Å². The van der Waals surface area contributed by atoms with Gasteiger partial charge in [0.2, 0.25) is 0 Å². The number of benzene rings is 2. The van der Waals surface area contributed by atoms with E-state index in [2.05, 4.69) is 15.9 Å². The van der Waals surface area contributed by atoms with Crippen LogP contribution >= 0.6 is 15.9 Å². The molecule has 2 aromatic rings. The van der Waals surface area contributed by atoms with Crippen molar-refractivity contribution >= 4 is 33.2 Å². The lowest BCUT2D eigenvalue weighted by atomic mass is 10.1. The number of hydrogen-bond acceptors (Lipinski definition) is 3. The highest BCUT2D eigenvalue weighted by atomic mass is 79.9. The van der Waals surface area contributed by atoms with Crippen LogP contribution < -0.4 is 4.90 Å². The molecule has 3 rings (SSSR count). The maximum absolute atomic E-state index is 13.3. The summed E-state index contributed by atoms with van der Waals surface area (Å²) < 4.78 is 13.9. The fourth-order valence-electron chi connectivity index (χ4n) is 2.61. The minimum absolute atomic E-state index is 0.133. The highest BCUT2D eigenvalue weighted by molar-refractivity contribution is 9.10. The van der Waals surface area contributed by atoms with Crippen molar-refractivity contribution in [2.45, 2.75) is 6.42 Å². The third-order valence-electron chi connectivity index (χ3n) is 3.52. The van der Waals surface area contributed by atoms with Gasteiger partial charge in [-0.05, 0) is 36.2 Å². The van der Waals surface area contributed by atoms with E-state index in [1.807, 2.05) is 0 Å². The van der Waals surface area contributed by atoms with E-state index in [-0.39, 0.29) is 11.3 Å². The molecule has 0 N–H and O–H groups in total. The summed E-state index contributed by atoms with van der Waals surface area (Å²) >= 11 is 3.24. The number of carbonyl (C=O) groups excluding carboxylic acids is 1. The molecular weight excluding hydrogens is 355 g/mol. The number of rotatable bonds is 2. The van der Waals surface area contributed by atoms with Crippen molar-refractivity contribution in [3.05, 3.63) is 67.9 Å². The lowest BCUT2D eigenvalue weighted by Crippen LogP contribution is -2.29. The molecule has 0 spiro atoms. The Morgan fingerprint density at radius 1 is 1.32 bits per heavy atom. The number of fused-ring (bicyclic) bond motifs is 1. The summed E-state index contributed by atoms with van der Waals surface area (Å²) in [5, 5.41) is 11.3. The Hall–Kier alpha value is -2.28. The minimum Gasteiger partial charge on any atom is -0.302 e. The third-order valence-corrected chi connectivity index (χ3v) is 3.98. The first kappa shape index (κ1) is 14.6. The van der Waals surface area contributed by atoms with Gasteiger partial charge in [-0.3, -0.25) is 14.9 Å². The zero-order valence-electron chi connectivity index (χ0n) is 11.3. The highest BCUT2D eigenvalue weighted by Crippen LogP contribution is 2.40. The number of hydrogen-bond donors (Lipinski definition) is 0. The average molecular weight is 365 g/mol. The molecule has 5 nitrogen and oxygen atoms in total. The molecule has 0 radical (unpaired) electrons. The average Bonchev–Trinajstić information content (AvgIpc) is 2.89. The van der Waals surface area contributed by atoms with Crippen molar-refractivity contribution in [3.8, 4) is 0 Å². The second kappa shape index (κ2) is 5.49. The zero-order chi connectivity index (χ0) is 15.9. The van der Waals surface area contributed by atoms with Crippen molar-refractivity contribution in [1.82, 2.24) is 0 Å². The monoisotopic (exact) mass is 364 g/mol. The minimum atomic E-state index is -0.518. The molecule has 0 unspecified atom stereocenters. The Balaban J connectivity index is 2.07. The van der Waals surface area contributed by atoms with Crippen LogP contribution in [0.5, 0.6) is 0 Å². The zero-order valence-corrected chi connectivity index (χ0v) is 12.8. The number of anilines is 1. The summed E-state index contributed by atoms with van der Waals surface area (Å²) in [6.45, 7) is 0.335. The number of amides is 1. The number of halogens is 2. The SMILES string of the molecule is O=C(c1cccc(F)c1)N1CCc2cc(Br)cc([N+](=O)[O-])c21. The van der Waals surface area contributed by atoms with Crippen molar-refractivity contribution in [2.24, 2.45) is 0 Å². The van der Waals surface area contributed by atoms with E-state index in [1.54, 1.807) is 6.07 Å². The van der Waals surface area contributed by atoms with E-state index in [0.717, 1.165) is 11.6 Å². The fraction of sp³-hybridized carbons (Fsp3) is 0.133. The van der Waals surface area contributed by atoms with Gasteiger partial charge in [0.05, 0.1) is 4.92 Å². The number of nitro groups is 1. The molecule has 22 heavy (non-hydrogen) atoms. The van der Waals surface area contributed by atoms with E-state index in [1.165, 1.54) is 29.2 Å². The highest BCUT2D eigenvalue weighted by Gasteiger charge is 2.33. The Labute approximate surface area is 133 Å². The van der Waals surface area contributed by atoms with Crippen molar-refractivity contribution in [3.63, 3.8) is 0 Å². The van der Waals surface area contributed by atoms with Crippen molar-refractivity contribution in [2.75, 3.05) is 11.4 Å².